The van der Waals surface area contributed by atoms with Crippen molar-refractivity contribution in [3.8, 4) is 17.1 Å². The lowest BCUT2D eigenvalue weighted by Crippen LogP contribution is -2.21. The Morgan fingerprint density at radius 1 is 1.20 bits per heavy atom. The number of carbonyl (C=O) groups is 2. The molecule has 0 fully saturated rings. The van der Waals surface area contributed by atoms with E-state index in [1.165, 1.54) is 11.0 Å². The molecule has 3 aromatic rings. The van der Waals surface area contributed by atoms with Crippen molar-refractivity contribution in [2.75, 3.05) is 4.90 Å². The molecule has 150 valence electrons. The highest BCUT2D eigenvalue weighted by molar-refractivity contribution is 6.09. The Labute approximate surface area is 169 Å². The molecule has 0 bridgehead atoms. The molecule has 0 aliphatic carbocycles. The quantitative estimate of drug-likeness (QED) is 0.499. The van der Waals surface area contributed by atoms with Crippen LogP contribution in [0.5, 0.6) is 5.75 Å². The molecule has 0 radical (unpaired) electrons. The second kappa shape index (κ2) is 6.92. The molecule has 4 rings (SSSR count). The van der Waals surface area contributed by atoms with Gasteiger partial charge in [-0.2, -0.15) is 0 Å². The van der Waals surface area contributed by atoms with E-state index in [2.05, 4.69) is 9.97 Å². The first-order valence-electron chi connectivity index (χ1n) is 8.84. The zero-order valence-electron chi connectivity index (χ0n) is 15.7. The van der Waals surface area contributed by atoms with Crippen molar-refractivity contribution in [2.24, 2.45) is 5.73 Å². The minimum atomic E-state index is -0.834. The van der Waals surface area contributed by atoms with Crippen LogP contribution in [0.2, 0.25) is 0 Å². The van der Waals surface area contributed by atoms with Crippen molar-refractivity contribution in [1.82, 2.24) is 9.97 Å². The Morgan fingerprint density at radius 3 is 2.50 bits per heavy atom. The predicted molar refractivity (Wildman–Crippen MR) is 106 cm³/mol. The molecule has 10 nitrogen and oxygen atoms in total. The third kappa shape index (κ3) is 3.09. The molecule has 1 aliphatic heterocycles. The molecule has 0 saturated heterocycles. The number of hydrogen-bond donors (Lipinski definition) is 2. The second-order valence-corrected chi connectivity index (χ2v) is 6.76. The first-order chi connectivity index (χ1) is 14.3. The fraction of sp³-hybridized carbons (Fsp3) is 0.100. The highest BCUT2D eigenvalue weighted by Crippen LogP contribution is 2.37. The maximum atomic E-state index is 12.7. The van der Waals surface area contributed by atoms with Crippen LogP contribution < -0.4 is 10.6 Å². The van der Waals surface area contributed by atoms with Crippen molar-refractivity contribution in [2.45, 2.75) is 13.3 Å². The van der Waals surface area contributed by atoms with Gasteiger partial charge in [0.2, 0.25) is 5.91 Å². The Kier molecular flexibility index (Phi) is 4.38. The first-order valence-corrected chi connectivity index (χ1v) is 8.84. The molecular formula is C20H15N5O5. The summed E-state index contributed by atoms with van der Waals surface area (Å²) in [7, 11) is 0. The van der Waals surface area contributed by atoms with Crippen molar-refractivity contribution in [3.05, 3.63) is 69.4 Å². The minimum absolute atomic E-state index is 0.000408. The van der Waals surface area contributed by atoms with E-state index in [-0.39, 0.29) is 35.2 Å². The number of carbonyl (C=O) groups excluding carboxylic acids is 2. The number of anilines is 2. The average Bonchev–Trinajstić information content (AvgIpc) is 3.03. The fourth-order valence-corrected chi connectivity index (χ4v) is 3.28. The van der Waals surface area contributed by atoms with Gasteiger partial charge in [-0.3, -0.25) is 24.6 Å². The number of amides is 2. The molecule has 2 amide bonds. The summed E-state index contributed by atoms with van der Waals surface area (Å²) in [5.41, 5.74) is 6.99. The molecule has 3 N–H and O–H groups in total. The first kappa shape index (κ1) is 19.0. The molecule has 0 atom stereocenters. The number of aromatic nitrogens is 2. The number of aryl methyl sites for hydroxylation is 1. The zero-order valence-corrected chi connectivity index (χ0v) is 15.7. The van der Waals surface area contributed by atoms with Gasteiger partial charge in [0.05, 0.1) is 17.0 Å². The lowest BCUT2D eigenvalue weighted by atomic mass is 10.1. The predicted octanol–water partition coefficient (Wildman–Crippen LogP) is 2.39. The van der Waals surface area contributed by atoms with E-state index in [9.17, 15) is 24.8 Å². The molecular weight excluding hydrogens is 390 g/mol. The van der Waals surface area contributed by atoms with E-state index >= 15 is 0 Å². The maximum Gasteiger partial charge on any atom is 0.310 e. The summed E-state index contributed by atoms with van der Waals surface area (Å²) in [6.45, 7) is 1.91. The van der Waals surface area contributed by atoms with Crippen molar-refractivity contribution in [1.29, 1.82) is 0 Å². The van der Waals surface area contributed by atoms with Crippen LogP contribution in [0.3, 0.4) is 0 Å². The van der Waals surface area contributed by atoms with Gasteiger partial charge in [0.15, 0.2) is 11.6 Å². The summed E-state index contributed by atoms with van der Waals surface area (Å²) in [5.74, 6) is -1.50. The van der Waals surface area contributed by atoms with Gasteiger partial charge in [0, 0.05) is 17.2 Å². The Balaban J connectivity index is 1.90. The van der Waals surface area contributed by atoms with Crippen LogP contribution in [0.1, 0.15) is 21.6 Å². The van der Waals surface area contributed by atoms with Crippen LogP contribution >= 0.6 is 0 Å². The van der Waals surface area contributed by atoms with Crippen LogP contribution in [-0.2, 0) is 11.2 Å². The number of hydrogen-bond acceptors (Lipinski definition) is 7. The number of aromatic hydroxyl groups is 1. The maximum absolute atomic E-state index is 12.7. The minimum Gasteiger partial charge on any atom is -0.502 e. The number of nitro groups is 1. The number of primary amides is 1. The molecule has 1 aromatic heterocycles. The number of nitrogens with zero attached hydrogens (tertiary/aromatic N) is 4. The van der Waals surface area contributed by atoms with Crippen LogP contribution in [0.25, 0.3) is 11.4 Å². The topological polar surface area (TPSA) is 153 Å². The molecule has 2 heterocycles. The second-order valence-electron chi connectivity index (χ2n) is 6.76. The number of nitro benzene ring substituents is 1. The number of phenolic OH excluding ortho intramolecular Hbond substituents is 1. The van der Waals surface area contributed by atoms with Crippen LogP contribution in [-0.4, -0.2) is 31.8 Å². The lowest BCUT2D eigenvalue weighted by Gasteiger charge is -2.17. The third-order valence-corrected chi connectivity index (χ3v) is 4.73. The molecule has 1 aliphatic rings. The number of benzene rings is 2. The third-order valence-electron chi connectivity index (χ3n) is 4.73. The van der Waals surface area contributed by atoms with Gasteiger partial charge in [-0.1, -0.05) is 17.7 Å². The summed E-state index contributed by atoms with van der Waals surface area (Å²) in [5, 5.41) is 20.9. The average molecular weight is 405 g/mol. The van der Waals surface area contributed by atoms with Gasteiger partial charge in [0.1, 0.15) is 11.5 Å². The van der Waals surface area contributed by atoms with Crippen LogP contribution in [0, 0.1) is 17.0 Å². The van der Waals surface area contributed by atoms with E-state index in [1.807, 2.05) is 19.1 Å². The number of rotatable bonds is 4. The zero-order chi connectivity index (χ0) is 21.6. The van der Waals surface area contributed by atoms with Gasteiger partial charge in [-0.25, -0.2) is 9.97 Å². The summed E-state index contributed by atoms with van der Waals surface area (Å²) in [4.78, 5) is 44.9. The summed E-state index contributed by atoms with van der Waals surface area (Å²) >= 11 is 0. The summed E-state index contributed by atoms with van der Waals surface area (Å²) in [6, 6.07) is 10.8. The lowest BCUT2D eigenvalue weighted by molar-refractivity contribution is -0.385. The molecule has 0 spiro atoms. The smallest absolute Gasteiger partial charge is 0.310 e. The van der Waals surface area contributed by atoms with Gasteiger partial charge in [-0.15, -0.1) is 0 Å². The van der Waals surface area contributed by atoms with E-state index < -0.39 is 22.3 Å². The van der Waals surface area contributed by atoms with Crippen molar-refractivity contribution >= 4 is 29.0 Å². The number of fused-ring (bicyclic) bond motifs is 1. The van der Waals surface area contributed by atoms with Crippen LogP contribution in [0.15, 0.2) is 42.5 Å². The highest BCUT2D eigenvalue weighted by Gasteiger charge is 2.35. The number of nitrogens with two attached hydrogens (primary N) is 1. The van der Waals surface area contributed by atoms with Gasteiger partial charge in [-0.05, 0) is 31.2 Å². The summed E-state index contributed by atoms with van der Waals surface area (Å²) in [6.07, 6.45) is -0.0900. The monoisotopic (exact) mass is 405 g/mol. The van der Waals surface area contributed by atoms with Crippen molar-refractivity contribution < 1.29 is 19.6 Å². The molecule has 0 saturated carbocycles. The Hall–Kier alpha value is -4.34. The van der Waals surface area contributed by atoms with E-state index in [0.717, 1.165) is 17.7 Å². The van der Waals surface area contributed by atoms with Crippen LogP contribution in [0.4, 0.5) is 17.2 Å². The van der Waals surface area contributed by atoms with Gasteiger partial charge in [0.25, 0.3) is 5.91 Å². The van der Waals surface area contributed by atoms with E-state index in [0.29, 0.717) is 11.3 Å². The molecule has 30 heavy (non-hydrogen) atoms. The summed E-state index contributed by atoms with van der Waals surface area (Å²) < 4.78 is 0. The van der Waals surface area contributed by atoms with Gasteiger partial charge >= 0.3 is 5.69 Å². The largest absolute Gasteiger partial charge is 0.502 e. The van der Waals surface area contributed by atoms with Crippen molar-refractivity contribution in [3.63, 3.8) is 0 Å². The number of phenols is 1. The molecule has 2 aromatic carbocycles. The highest BCUT2D eigenvalue weighted by atomic mass is 16.6. The van der Waals surface area contributed by atoms with Gasteiger partial charge < -0.3 is 10.8 Å². The Bertz CT molecular complexity index is 1220. The van der Waals surface area contributed by atoms with E-state index in [1.54, 1.807) is 12.1 Å². The molecule has 10 heteroatoms. The SMILES string of the molecule is Cc1ccc(N2C(=O)Cc3c(C(N)=O)nc(-c4ccc([N+](=O)[O-])c(O)c4)nc32)cc1. The normalized spacial score (nSPS) is 12.7. The fourth-order valence-electron chi connectivity index (χ4n) is 3.28. The molecule has 0 unspecified atom stereocenters. The standard InChI is InChI=1S/C20H15N5O5/c1-10-2-5-12(6-3-10)24-16(27)9-13-17(18(21)28)22-19(23-20(13)24)11-4-7-14(25(29)30)15(26)8-11/h2-8,26H,9H2,1H3,(H2,21,28). The Morgan fingerprint density at radius 2 is 1.90 bits per heavy atom. The van der Waals surface area contributed by atoms with E-state index in [4.69, 9.17) is 5.73 Å².